The molecule has 88 valence electrons. The maximum atomic E-state index is 2.31. The van der Waals surface area contributed by atoms with Gasteiger partial charge in [0, 0.05) is 0 Å². The number of nitrogens with zero attached hydrogens (tertiary/aromatic N) is 1. The molecule has 0 aromatic heterocycles. The van der Waals surface area contributed by atoms with E-state index < -0.39 is 0 Å². The van der Waals surface area contributed by atoms with Crippen LogP contribution in [0.3, 0.4) is 0 Å². The van der Waals surface area contributed by atoms with Gasteiger partial charge < -0.3 is 4.48 Å². The minimum atomic E-state index is 0. The Labute approximate surface area is 96.9 Å². The van der Waals surface area contributed by atoms with Crippen LogP contribution in [-0.4, -0.2) is 30.7 Å². The van der Waals surface area contributed by atoms with Gasteiger partial charge in [0.25, 0.3) is 0 Å². The summed E-state index contributed by atoms with van der Waals surface area (Å²) in [5, 5.41) is 0. The average molecular weight is 223 g/mol. The molecular weight excluding hydrogens is 194 g/mol. The van der Waals surface area contributed by atoms with Gasteiger partial charge in [-0.15, -0.1) is 12.4 Å². The number of quaternary nitrogens is 1. The summed E-state index contributed by atoms with van der Waals surface area (Å²) in [6.45, 7) is 14.8. The van der Waals surface area contributed by atoms with Crippen LogP contribution in [-0.2, 0) is 0 Å². The van der Waals surface area contributed by atoms with Crippen molar-refractivity contribution in [2.45, 2.75) is 53.4 Å². The topological polar surface area (TPSA) is 0 Å². The first-order valence-electron chi connectivity index (χ1n) is 6.09. The van der Waals surface area contributed by atoms with Crippen LogP contribution in [0.2, 0.25) is 0 Å². The molecule has 0 aromatic carbocycles. The molecule has 0 aliphatic heterocycles. The molecule has 0 fully saturated rings. The van der Waals surface area contributed by atoms with Crippen molar-refractivity contribution in [3.8, 4) is 0 Å². The zero-order chi connectivity index (χ0) is 10.2. The van der Waals surface area contributed by atoms with Crippen LogP contribution < -0.4 is 0 Å². The fourth-order valence-electron chi connectivity index (χ4n) is 2.57. The van der Waals surface area contributed by atoms with Crippen molar-refractivity contribution in [3.05, 3.63) is 0 Å². The van der Waals surface area contributed by atoms with Crippen molar-refractivity contribution in [1.29, 1.82) is 0 Å². The molecule has 0 N–H and O–H groups in total. The number of hydrogen-bond acceptors (Lipinski definition) is 0. The minimum absolute atomic E-state index is 0. The maximum Gasteiger partial charge on any atom is 0.0783 e. The van der Waals surface area contributed by atoms with Crippen molar-refractivity contribution < 1.29 is 4.48 Å². The van der Waals surface area contributed by atoms with Gasteiger partial charge in [0.05, 0.1) is 26.2 Å². The second kappa shape index (κ2) is 9.79. The van der Waals surface area contributed by atoms with E-state index in [1.54, 1.807) is 0 Å². The zero-order valence-electron chi connectivity index (χ0n) is 10.5. The highest BCUT2D eigenvalue weighted by Crippen LogP contribution is 2.12. The lowest BCUT2D eigenvalue weighted by molar-refractivity contribution is -0.928. The Morgan fingerprint density at radius 2 is 0.786 bits per heavy atom. The molecule has 0 saturated heterocycles. The highest BCUT2D eigenvalue weighted by molar-refractivity contribution is 5.85. The lowest BCUT2D eigenvalue weighted by atomic mass is 10.2. The summed E-state index contributed by atoms with van der Waals surface area (Å²) in [4.78, 5) is 0. The standard InChI is InChI=1S/C12H28N.ClH/c1-5-9-13(10-6-2,11-7-3)12-8-4;/h5-12H2,1-4H3;1H/q+1;. The smallest absolute Gasteiger partial charge is 0.0783 e. The van der Waals surface area contributed by atoms with E-state index in [1.807, 2.05) is 0 Å². The van der Waals surface area contributed by atoms with Crippen molar-refractivity contribution in [1.82, 2.24) is 0 Å². The molecule has 0 aliphatic carbocycles. The van der Waals surface area contributed by atoms with Gasteiger partial charge in [0.2, 0.25) is 0 Å². The third-order valence-corrected chi connectivity index (χ3v) is 2.79. The van der Waals surface area contributed by atoms with E-state index in [0.717, 1.165) is 0 Å². The van der Waals surface area contributed by atoms with Crippen LogP contribution in [0.25, 0.3) is 0 Å². The largest absolute Gasteiger partial charge is 0.324 e. The van der Waals surface area contributed by atoms with Crippen molar-refractivity contribution >= 4 is 12.4 Å². The number of rotatable bonds is 8. The maximum absolute atomic E-state index is 2.31. The molecule has 0 bridgehead atoms. The highest BCUT2D eigenvalue weighted by atomic mass is 35.5. The summed E-state index contributed by atoms with van der Waals surface area (Å²) < 4.78 is 1.38. The predicted molar refractivity (Wildman–Crippen MR) is 68.1 cm³/mol. The third kappa shape index (κ3) is 5.87. The molecular formula is C12H29ClN+. The Bertz CT molecular complexity index is 85.4. The van der Waals surface area contributed by atoms with Gasteiger partial charge in [0.1, 0.15) is 0 Å². The van der Waals surface area contributed by atoms with Crippen molar-refractivity contribution in [2.75, 3.05) is 26.2 Å². The molecule has 14 heavy (non-hydrogen) atoms. The molecule has 0 radical (unpaired) electrons. The van der Waals surface area contributed by atoms with Gasteiger partial charge in [-0.2, -0.15) is 0 Å². The molecule has 0 heterocycles. The average Bonchev–Trinajstić information content (AvgIpc) is 2.06. The number of hydrogen-bond donors (Lipinski definition) is 0. The molecule has 1 nitrogen and oxygen atoms in total. The molecule has 0 saturated carbocycles. The van der Waals surface area contributed by atoms with E-state index in [2.05, 4.69) is 27.7 Å². The Kier molecular flexibility index (Phi) is 11.7. The summed E-state index contributed by atoms with van der Waals surface area (Å²) in [5.74, 6) is 0. The van der Waals surface area contributed by atoms with Gasteiger partial charge in [0.15, 0.2) is 0 Å². The Morgan fingerprint density at radius 3 is 0.929 bits per heavy atom. The van der Waals surface area contributed by atoms with Gasteiger partial charge in [-0.3, -0.25) is 0 Å². The van der Waals surface area contributed by atoms with Gasteiger partial charge in [-0.1, -0.05) is 27.7 Å². The molecule has 0 unspecified atom stereocenters. The van der Waals surface area contributed by atoms with Gasteiger partial charge >= 0.3 is 0 Å². The van der Waals surface area contributed by atoms with Gasteiger partial charge in [-0.05, 0) is 25.7 Å². The molecule has 0 aliphatic rings. The van der Waals surface area contributed by atoms with Crippen LogP contribution in [0.5, 0.6) is 0 Å². The predicted octanol–water partition coefficient (Wildman–Crippen LogP) is 3.87. The molecule has 0 atom stereocenters. The van der Waals surface area contributed by atoms with E-state index in [0.29, 0.717) is 0 Å². The fourth-order valence-corrected chi connectivity index (χ4v) is 2.57. The van der Waals surface area contributed by atoms with Crippen LogP contribution in [0.1, 0.15) is 53.4 Å². The van der Waals surface area contributed by atoms with Crippen LogP contribution in [0, 0.1) is 0 Å². The molecule has 0 spiro atoms. The first-order valence-corrected chi connectivity index (χ1v) is 6.09. The molecule has 2 heteroatoms. The summed E-state index contributed by atoms with van der Waals surface area (Å²) in [5.41, 5.74) is 0. The van der Waals surface area contributed by atoms with E-state index in [1.165, 1.54) is 56.3 Å². The lowest BCUT2D eigenvalue weighted by Gasteiger charge is -2.38. The fraction of sp³-hybridized carbons (Fsp3) is 1.00. The summed E-state index contributed by atoms with van der Waals surface area (Å²) in [6.07, 6.45) is 5.33. The van der Waals surface area contributed by atoms with Gasteiger partial charge in [-0.25, -0.2) is 0 Å². The Hall–Kier alpha value is 0.250. The first-order chi connectivity index (χ1) is 6.24. The summed E-state index contributed by atoms with van der Waals surface area (Å²) in [6, 6.07) is 0. The second-order valence-corrected chi connectivity index (χ2v) is 4.24. The molecule has 0 rings (SSSR count). The SMILES string of the molecule is CCC[N+](CCC)(CCC)CCC.Cl. The van der Waals surface area contributed by atoms with Crippen LogP contribution >= 0.6 is 12.4 Å². The van der Waals surface area contributed by atoms with E-state index in [-0.39, 0.29) is 12.4 Å². The zero-order valence-corrected chi connectivity index (χ0v) is 11.3. The molecule has 0 amide bonds. The minimum Gasteiger partial charge on any atom is -0.324 e. The number of halogens is 1. The lowest BCUT2D eigenvalue weighted by Crippen LogP contribution is -2.50. The third-order valence-electron chi connectivity index (χ3n) is 2.79. The summed E-state index contributed by atoms with van der Waals surface area (Å²) >= 11 is 0. The monoisotopic (exact) mass is 222 g/mol. The first kappa shape index (κ1) is 16.7. The quantitative estimate of drug-likeness (QED) is 0.547. The Balaban J connectivity index is 0. The van der Waals surface area contributed by atoms with Crippen molar-refractivity contribution in [3.63, 3.8) is 0 Å². The van der Waals surface area contributed by atoms with Crippen LogP contribution in [0.4, 0.5) is 0 Å². The van der Waals surface area contributed by atoms with Crippen LogP contribution in [0.15, 0.2) is 0 Å². The van der Waals surface area contributed by atoms with E-state index in [4.69, 9.17) is 0 Å². The summed E-state index contributed by atoms with van der Waals surface area (Å²) in [7, 11) is 0. The van der Waals surface area contributed by atoms with Crippen molar-refractivity contribution in [2.24, 2.45) is 0 Å². The molecule has 0 aromatic rings. The van der Waals surface area contributed by atoms with E-state index in [9.17, 15) is 0 Å². The normalized spacial score (nSPS) is 11.1. The van der Waals surface area contributed by atoms with E-state index >= 15 is 0 Å². The Morgan fingerprint density at radius 1 is 0.571 bits per heavy atom. The highest BCUT2D eigenvalue weighted by Gasteiger charge is 2.22. The second-order valence-electron chi connectivity index (χ2n) is 4.24.